The van der Waals surface area contributed by atoms with Gasteiger partial charge in [-0.05, 0) is 77.8 Å². The summed E-state index contributed by atoms with van der Waals surface area (Å²) in [7, 11) is 0. The molecule has 0 heterocycles. The Hall–Kier alpha value is -2.94. The fourth-order valence-corrected chi connectivity index (χ4v) is 4.37. The van der Waals surface area contributed by atoms with Crippen LogP contribution in [0.15, 0.2) is 60.7 Å². The first-order valence-electron chi connectivity index (χ1n) is 9.93. The summed E-state index contributed by atoms with van der Waals surface area (Å²) >= 11 is 0. The predicted octanol–water partition coefficient (Wildman–Crippen LogP) is 6.09. The molecule has 29 heavy (non-hydrogen) atoms. The van der Waals surface area contributed by atoms with Crippen molar-refractivity contribution in [2.75, 3.05) is 0 Å². The number of hydrogen-bond donors (Lipinski definition) is 3. The second-order valence-corrected chi connectivity index (χ2v) is 8.95. The summed E-state index contributed by atoms with van der Waals surface area (Å²) in [6, 6.07) is 18.9. The van der Waals surface area contributed by atoms with Gasteiger partial charge < -0.3 is 15.3 Å². The molecule has 0 aliphatic heterocycles. The molecule has 3 heteroatoms. The first-order valence-corrected chi connectivity index (χ1v) is 9.93. The van der Waals surface area contributed by atoms with Gasteiger partial charge in [0.05, 0.1) is 0 Å². The normalized spacial score (nSPS) is 13.8. The maximum Gasteiger partial charge on any atom is 0.121 e. The molecule has 0 amide bonds. The van der Waals surface area contributed by atoms with Crippen LogP contribution in [-0.2, 0) is 10.8 Å². The lowest BCUT2D eigenvalue weighted by Gasteiger charge is -2.39. The molecule has 1 atom stereocenters. The molecule has 0 saturated carbocycles. The molecule has 3 nitrogen and oxygen atoms in total. The first kappa shape index (κ1) is 20.8. The van der Waals surface area contributed by atoms with Crippen molar-refractivity contribution in [3.05, 3.63) is 88.5 Å². The van der Waals surface area contributed by atoms with E-state index in [4.69, 9.17) is 0 Å². The van der Waals surface area contributed by atoms with Crippen LogP contribution < -0.4 is 0 Å². The van der Waals surface area contributed by atoms with Gasteiger partial charge in [0.15, 0.2) is 0 Å². The average molecular weight is 391 g/mol. The molecular weight excluding hydrogens is 360 g/mol. The third kappa shape index (κ3) is 4.09. The highest BCUT2D eigenvalue weighted by molar-refractivity contribution is 5.49. The summed E-state index contributed by atoms with van der Waals surface area (Å²) in [6.07, 6.45) is 0.805. The summed E-state index contributed by atoms with van der Waals surface area (Å²) in [6.45, 7) is 10.5. The minimum absolute atomic E-state index is 0.181. The monoisotopic (exact) mass is 390 g/mol. The topological polar surface area (TPSA) is 60.7 Å². The fraction of sp³-hybridized carbons (Fsp3) is 0.308. The number of benzene rings is 3. The van der Waals surface area contributed by atoms with Crippen LogP contribution in [0.3, 0.4) is 0 Å². The van der Waals surface area contributed by atoms with Gasteiger partial charge in [0.25, 0.3) is 0 Å². The number of aryl methyl sites for hydroxylation is 2. The quantitative estimate of drug-likeness (QED) is 0.494. The fourth-order valence-electron chi connectivity index (χ4n) is 4.37. The molecule has 3 rings (SSSR count). The minimum Gasteiger partial charge on any atom is -0.508 e. The van der Waals surface area contributed by atoms with E-state index in [1.807, 2.05) is 38.1 Å². The van der Waals surface area contributed by atoms with Crippen LogP contribution in [0, 0.1) is 13.8 Å². The lowest BCUT2D eigenvalue weighted by Crippen LogP contribution is -2.33. The standard InChI is InChI=1S/C26H30O3/c1-17-14-21(15-18(2)24(17)29)26(5,20-8-12-23(28)13-9-20)16-25(3,4)19-6-10-22(27)11-7-19/h6-15,27-29H,16H2,1-5H3. The molecule has 3 aromatic rings. The minimum atomic E-state index is -0.349. The van der Waals surface area contributed by atoms with E-state index in [-0.39, 0.29) is 22.3 Å². The van der Waals surface area contributed by atoms with Gasteiger partial charge in [-0.15, -0.1) is 0 Å². The molecule has 3 N–H and O–H groups in total. The smallest absolute Gasteiger partial charge is 0.121 e. The molecule has 0 radical (unpaired) electrons. The Bertz CT molecular complexity index is 978. The summed E-state index contributed by atoms with van der Waals surface area (Å²) in [5, 5.41) is 29.8. The van der Waals surface area contributed by atoms with Gasteiger partial charge in [-0.3, -0.25) is 0 Å². The lowest BCUT2D eigenvalue weighted by atomic mass is 9.64. The van der Waals surface area contributed by atoms with Gasteiger partial charge in [-0.1, -0.05) is 57.2 Å². The van der Waals surface area contributed by atoms with Crippen molar-refractivity contribution in [1.82, 2.24) is 0 Å². The second-order valence-electron chi connectivity index (χ2n) is 8.95. The SMILES string of the molecule is Cc1cc(C(C)(CC(C)(C)c2ccc(O)cc2)c2ccc(O)cc2)cc(C)c1O. The zero-order valence-corrected chi connectivity index (χ0v) is 17.8. The maximum absolute atomic E-state index is 10.3. The highest BCUT2D eigenvalue weighted by atomic mass is 16.3. The van der Waals surface area contributed by atoms with Crippen molar-refractivity contribution in [2.45, 2.75) is 51.9 Å². The highest BCUT2D eigenvalue weighted by Crippen LogP contribution is 2.45. The van der Waals surface area contributed by atoms with Crippen LogP contribution in [0.25, 0.3) is 0 Å². The van der Waals surface area contributed by atoms with Crippen molar-refractivity contribution in [1.29, 1.82) is 0 Å². The Morgan fingerprint density at radius 2 is 1.03 bits per heavy atom. The van der Waals surface area contributed by atoms with E-state index in [0.717, 1.165) is 34.2 Å². The summed E-state index contributed by atoms with van der Waals surface area (Å²) in [5.74, 6) is 0.835. The van der Waals surface area contributed by atoms with Gasteiger partial charge >= 0.3 is 0 Å². The van der Waals surface area contributed by atoms with Gasteiger partial charge in [0.1, 0.15) is 17.2 Å². The Labute approximate surface area is 173 Å². The van der Waals surface area contributed by atoms with Crippen LogP contribution in [0.5, 0.6) is 17.2 Å². The van der Waals surface area contributed by atoms with Gasteiger partial charge in [0, 0.05) is 5.41 Å². The molecule has 0 aliphatic carbocycles. The van der Waals surface area contributed by atoms with E-state index in [2.05, 4.69) is 32.9 Å². The van der Waals surface area contributed by atoms with E-state index in [1.54, 1.807) is 24.3 Å². The molecule has 152 valence electrons. The molecule has 3 aromatic carbocycles. The Morgan fingerprint density at radius 3 is 1.48 bits per heavy atom. The van der Waals surface area contributed by atoms with E-state index in [1.165, 1.54) is 0 Å². The summed E-state index contributed by atoms with van der Waals surface area (Å²) in [4.78, 5) is 0. The van der Waals surface area contributed by atoms with E-state index in [0.29, 0.717) is 5.75 Å². The van der Waals surface area contributed by atoms with Crippen LogP contribution in [0.1, 0.15) is 55.0 Å². The molecule has 0 aromatic heterocycles. The van der Waals surface area contributed by atoms with E-state index >= 15 is 0 Å². The molecule has 0 saturated heterocycles. The first-order chi connectivity index (χ1) is 13.5. The van der Waals surface area contributed by atoms with Crippen molar-refractivity contribution >= 4 is 0 Å². The van der Waals surface area contributed by atoms with Crippen molar-refractivity contribution in [3.63, 3.8) is 0 Å². The van der Waals surface area contributed by atoms with Crippen molar-refractivity contribution < 1.29 is 15.3 Å². The van der Waals surface area contributed by atoms with Crippen LogP contribution in [-0.4, -0.2) is 15.3 Å². The molecule has 0 spiro atoms. The lowest BCUT2D eigenvalue weighted by molar-refractivity contribution is 0.368. The molecule has 0 fully saturated rings. The third-order valence-corrected chi connectivity index (χ3v) is 6.08. The summed E-state index contributed by atoms with van der Waals surface area (Å²) < 4.78 is 0. The Kier molecular flexibility index (Phi) is 5.36. The van der Waals surface area contributed by atoms with Crippen LogP contribution in [0.4, 0.5) is 0 Å². The summed E-state index contributed by atoms with van der Waals surface area (Å²) in [5.41, 5.74) is 4.56. The maximum atomic E-state index is 10.3. The zero-order valence-electron chi connectivity index (χ0n) is 17.8. The molecule has 0 bridgehead atoms. The van der Waals surface area contributed by atoms with Gasteiger partial charge in [-0.25, -0.2) is 0 Å². The van der Waals surface area contributed by atoms with Crippen molar-refractivity contribution in [2.24, 2.45) is 0 Å². The van der Waals surface area contributed by atoms with Crippen LogP contribution >= 0.6 is 0 Å². The average Bonchev–Trinajstić information content (AvgIpc) is 2.66. The Balaban J connectivity index is 2.15. The number of rotatable bonds is 5. The van der Waals surface area contributed by atoms with E-state index < -0.39 is 0 Å². The number of hydrogen-bond acceptors (Lipinski definition) is 3. The zero-order chi connectivity index (χ0) is 21.4. The van der Waals surface area contributed by atoms with Crippen molar-refractivity contribution in [3.8, 4) is 17.2 Å². The van der Waals surface area contributed by atoms with E-state index in [9.17, 15) is 15.3 Å². The second kappa shape index (κ2) is 7.47. The number of phenols is 3. The number of aromatic hydroxyl groups is 3. The third-order valence-electron chi connectivity index (χ3n) is 6.08. The van der Waals surface area contributed by atoms with Gasteiger partial charge in [-0.2, -0.15) is 0 Å². The molecule has 1 unspecified atom stereocenters. The Morgan fingerprint density at radius 1 is 0.621 bits per heavy atom. The highest BCUT2D eigenvalue weighted by Gasteiger charge is 2.37. The molecular formula is C26H30O3. The van der Waals surface area contributed by atoms with Crippen LogP contribution in [0.2, 0.25) is 0 Å². The predicted molar refractivity (Wildman–Crippen MR) is 118 cm³/mol. The van der Waals surface area contributed by atoms with Gasteiger partial charge in [0.2, 0.25) is 0 Å². The molecule has 0 aliphatic rings. The number of phenolic OH excluding ortho intramolecular Hbond substituents is 3. The largest absolute Gasteiger partial charge is 0.508 e.